The molecule has 0 saturated carbocycles. The molecule has 2 heterocycles. The van der Waals surface area contributed by atoms with Gasteiger partial charge in [0.05, 0.1) is 0 Å². The van der Waals surface area contributed by atoms with Crippen LogP contribution < -0.4 is 16.4 Å². The topological polar surface area (TPSA) is 90.7 Å². The zero-order valence-corrected chi connectivity index (χ0v) is 21.7. The largest absolute Gasteiger partial charge is 0.370 e. The second-order valence-corrected chi connectivity index (χ2v) is 11.4. The molecule has 0 bridgehead atoms. The van der Waals surface area contributed by atoms with Gasteiger partial charge in [-0.25, -0.2) is 0 Å². The van der Waals surface area contributed by atoms with Crippen molar-refractivity contribution in [3.63, 3.8) is 0 Å². The summed E-state index contributed by atoms with van der Waals surface area (Å²) in [7, 11) is 0. The lowest BCUT2D eigenvalue weighted by molar-refractivity contribution is -0.121. The summed E-state index contributed by atoms with van der Waals surface area (Å²) in [5, 5.41) is 6.56. The van der Waals surface area contributed by atoms with Crippen LogP contribution in [0.3, 0.4) is 0 Å². The molecule has 7 nitrogen and oxygen atoms in total. The lowest BCUT2D eigenvalue weighted by Gasteiger charge is -2.40. The van der Waals surface area contributed by atoms with Crippen LogP contribution in [0.25, 0.3) is 0 Å². The first kappa shape index (κ1) is 28.1. The van der Waals surface area contributed by atoms with E-state index in [0.29, 0.717) is 18.3 Å². The molecule has 0 aromatic rings. The van der Waals surface area contributed by atoms with Crippen molar-refractivity contribution < 1.29 is 9.59 Å². The summed E-state index contributed by atoms with van der Waals surface area (Å²) in [6.07, 6.45) is 9.55. The molecular formula is C26H51N5O2. The van der Waals surface area contributed by atoms with E-state index in [1.165, 1.54) is 38.5 Å². The summed E-state index contributed by atoms with van der Waals surface area (Å²) in [6, 6.07) is 0. The zero-order valence-electron chi connectivity index (χ0n) is 21.7. The van der Waals surface area contributed by atoms with E-state index in [4.69, 9.17) is 5.73 Å². The number of likely N-dealkylation sites (tertiary alicyclic amines) is 2. The Hall–Kier alpha value is -1.18. The molecule has 2 aliphatic heterocycles. The Morgan fingerprint density at radius 2 is 1.33 bits per heavy atom. The maximum atomic E-state index is 12.2. The van der Waals surface area contributed by atoms with Crippen molar-refractivity contribution in [2.24, 2.45) is 23.0 Å². The molecule has 0 atom stereocenters. The van der Waals surface area contributed by atoms with E-state index in [2.05, 4.69) is 41.2 Å². The predicted molar refractivity (Wildman–Crippen MR) is 136 cm³/mol. The first-order valence-electron chi connectivity index (χ1n) is 13.4. The molecule has 4 N–H and O–H groups in total. The van der Waals surface area contributed by atoms with Crippen LogP contribution in [0, 0.1) is 17.3 Å². The van der Waals surface area contributed by atoms with Crippen LogP contribution in [0.5, 0.6) is 0 Å². The van der Waals surface area contributed by atoms with Crippen molar-refractivity contribution in [2.75, 3.05) is 58.9 Å². The Kier molecular flexibility index (Phi) is 12.7. The van der Waals surface area contributed by atoms with Crippen molar-refractivity contribution >= 4 is 11.8 Å². The van der Waals surface area contributed by atoms with Gasteiger partial charge in [-0.2, -0.15) is 0 Å². The van der Waals surface area contributed by atoms with E-state index in [-0.39, 0.29) is 11.8 Å². The van der Waals surface area contributed by atoms with Gasteiger partial charge in [-0.1, -0.05) is 20.8 Å². The average Bonchev–Trinajstić information content (AvgIpc) is 2.78. The Morgan fingerprint density at radius 1 is 0.818 bits per heavy atom. The van der Waals surface area contributed by atoms with Gasteiger partial charge in [-0.3, -0.25) is 9.59 Å². The molecule has 0 aromatic carbocycles. The van der Waals surface area contributed by atoms with Crippen molar-refractivity contribution in [1.82, 2.24) is 20.4 Å². The third-order valence-corrected chi connectivity index (χ3v) is 7.39. The molecule has 2 saturated heterocycles. The number of nitrogens with zero attached hydrogens (tertiary/aromatic N) is 2. The van der Waals surface area contributed by atoms with Crippen LogP contribution in [0.15, 0.2) is 0 Å². The molecule has 2 amide bonds. The first-order chi connectivity index (χ1) is 15.7. The van der Waals surface area contributed by atoms with Crippen LogP contribution in [-0.4, -0.2) is 80.5 Å². The molecule has 0 unspecified atom stereocenters. The van der Waals surface area contributed by atoms with Gasteiger partial charge in [-0.15, -0.1) is 0 Å². The fraction of sp³-hybridized carbons (Fsp3) is 0.923. The van der Waals surface area contributed by atoms with Crippen LogP contribution in [0.1, 0.15) is 78.6 Å². The summed E-state index contributed by atoms with van der Waals surface area (Å²) in [5.74, 6) is 1.64. The van der Waals surface area contributed by atoms with E-state index in [1.807, 2.05) is 0 Å². The SMILES string of the molecule is CC(C)(C)CCCNCCCNC(=O)CCN1CCC(C2CCN(CCC(N)=O)CC2)CC1. The Labute approximate surface area is 202 Å². The monoisotopic (exact) mass is 465 g/mol. The van der Waals surface area contributed by atoms with Crippen molar-refractivity contribution in [3.8, 4) is 0 Å². The number of amides is 2. The van der Waals surface area contributed by atoms with Crippen LogP contribution in [0.2, 0.25) is 0 Å². The van der Waals surface area contributed by atoms with E-state index in [1.54, 1.807) is 0 Å². The summed E-state index contributed by atoms with van der Waals surface area (Å²) >= 11 is 0. The normalized spacial score (nSPS) is 19.6. The average molecular weight is 466 g/mol. The number of carbonyl (C=O) groups is 2. The fourth-order valence-corrected chi connectivity index (χ4v) is 5.22. The maximum Gasteiger partial charge on any atom is 0.221 e. The highest BCUT2D eigenvalue weighted by Gasteiger charge is 2.29. The van der Waals surface area contributed by atoms with E-state index in [0.717, 1.165) is 77.2 Å². The smallest absolute Gasteiger partial charge is 0.221 e. The highest BCUT2D eigenvalue weighted by molar-refractivity contribution is 5.76. The van der Waals surface area contributed by atoms with Crippen LogP contribution in [-0.2, 0) is 9.59 Å². The minimum Gasteiger partial charge on any atom is -0.370 e. The molecule has 7 heteroatoms. The molecule has 2 rings (SSSR count). The van der Waals surface area contributed by atoms with Gasteiger partial charge < -0.3 is 26.2 Å². The Morgan fingerprint density at radius 3 is 1.85 bits per heavy atom. The van der Waals surface area contributed by atoms with E-state index >= 15 is 0 Å². The number of rotatable bonds is 14. The number of hydrogen-bond acceptors (Lipinski definition) is 5. The maximum absolute atomic E-state index is 12.2. The summed E-state index contributed by atoms with van der Waals surface area (Å²) in [6.45, 7) is 15.8. The number of carbonyl (C=O) groups excluding carboxylic acids is 2. The lowest BCUT2D eigenvalue weighted by atomic mass is 9.79. The van der Waals surface area contributed by atoms with Gasteiger partial charge in [0.25, 0.3) is 0 Å². The number of nitrogens with two attached hydrogens (primary N) is 1. The molecule has 192 valence electrons. The molecule has 33 heavy (non-hydrogen) atoms. The molecule has 0 radical (unpaired) electrons. The van der Waals surface area contributed by atoms with E-state index in [9.17, 15) is 9.59 Å². The summed E-state index contributed by atoms with van der Waals surface area (Å²) in [4.78, 5) is 28.0. The third-order valence-electron chi connectivity index (χ3n) is 7.39. The highest BCUT2D eigenvalue weighted by Crippen LogP contribution is 2.32. The Balaban J connectivity index is 1.45. The summed E-state index contributed by atoms with van der Waals surface area (Å²) < 4.78 is 0. The minimum absolute atomic E-state index is 0.188. The van der Waals surface area contributed by atoms with Crippen molar-refractivity contribution in [2.45, 2.75) is 78.6 Å². The third kappa shape index (κ3) is 12.7. The van der Waals surface area contributed by atoms with Crippen LogP contribution in [0.4, 0.5) is 0 Å². The van der Waals surface area contributed by atoms with Gasteiger partial charge in [0.15, 0.2) is 0 Å². The number of hydrogen-bond donors (Lipinski definition) is 3. The highest BCUT2D eigenvalue weighted by atomic mass is 16.1. The first-order valence-corrected chi connectivity index (χ1v) is 13.4. The fourth-order valence-electron chi connectivity index (χ4n) is 5.22. The molecule has 0 aliphatic carbocycles. The van der Waals surface area contributed by atoms with Gasteiger partial charge in [0.1, 0.15) is 0 Å². The standard InChI is InChI=1S/C26H51N5O2/c1-26(2,3)12-4-13-28-14-5-15-29-25(33)11-21-31-18-8-23(9-19-31)22-6-16-30(17-7-22)20-10-24(27)32/h22-23,28H,4-21H2,1-3H3,(H2,27,32)(H,29,33). The molecule has 2 aliphatic rings. The van der Waals surface area contributed by atoms with Gasteiger partial charge in [0, 0.05) is 32.5 Å². The molecular weight excluding hydrogens is 414 g/mol. The van der Waals surface area contributed by atoms with Crippen molar-refractivity contribution in [3.05, 3.63) is 0 Å². The summed E-state index contributed by atoms with van der Waals surface area (Å²) in [5.41, 5.74) is 5.69. The molecule has 0 spiro atoms. The second-order valence-electron chi connectivity index (χ2n) is 11.4. The zero-order chi connectivity index (χ0) is 24.1. The Bertz CT molecular complexity index is 562. The number of primary amides is 1. The van der Waals surface area contributed by atoms with E-state index < -0.39 is 0 Å². The van der Waals surface area contributed by atoms with Crippen LogP contribution >= 0.6 is 0 Å². The molecule has 2 fully saturated rings. The molecule has 0 aromatic heterocycles. The lowest BCUT2D eigenvalue weighted by Crippen LogP contribution is -2.42. The number of piperidine rings is 2. The van der Waals surface area contributed by atoms with Gasteiger partial charge in [-0.05, 0) is 101 Å². The van der Waals surface area contributed by atoms with Gasteiger partial charge in [0.2, 0.25) is 11.8 Å². The minimum atomic E-state index is -0.197. The predicted octanol–water partition coefficient (Wildman–Crippen LogP) is 2.60. The van der Waals surface area contributed by atoms with Crippen molar-refractivity contribution in [1.29, 1.82) is 0 Å². The number of nitrogens with one attached hydrogen (secondary N) is 2. The second kappa shape index (κ2) is 14.9. The quantitative estimate of drug-likeness (QED) is 0.343. The van der Waals surface area contributed by atoms with Gasteiger partial charge >= 0.3 is 0 Å².